The summed E-state index contributed by atoms with van der Waals surface area (Å²) >= 11 is 7.50. The van der Waals surface area contributed by atoms with Crippen LogP contribution in [0.2, 0.25) is 4.34 Å². The number of likely N-dealkylation sites (N-methyl/N-ethyl adjacent to an activating group) is 1. The van der Waals surface area contributed by atoms with E-state index in [0.717, 1.165) is 10.8 Å². The Labute approximate surface area is 106 Å². The Hall–Kier alpha value is -0.130. The lowest BCUT2D eigenvalue weighted by Crippen LogP contribution is -2.32. The molecule has 16 heavy (non-hydrogen) atoms. The molecule has 5 heteroatoms. The normalized spacial score (nSPS) is 12.9. The van der Waals surface area contributed by atoms with Crippen molar-refractivity contribution < 1.29 is 9.47 Å². The van der Waals surface area contributed by atoms with Crippen LogP contribution in [0.1, 0.15) is 4.88 Å². The lowest BCUT2D eigenvalue weighted by Gasteiger charge is -2.15. The van der Waals surface area contributed by atoms with Gasteiger partial charge in [-0.1, -0.05) is 11.6 Å². The molecule has 0 fully saturated rings. The van der Waals surface area contributed by atoms with E-state index in [1.54, 1.807) is 18.4 Å². The van der Waals surface area contributed by atoms with Gasteiger partial charge in [-0.3, -0.25) is 0 Å². The Bertz CT molecular complexity index is 293. The van der Waals surface area contributed by atoms with E-state index in [-0.39, 0.29) is 0 Å². The lowest BCUT2D eigenvalue weighted by atomic mass is 10.2. The van der Waals surface area contributed by atoms with Crippen LogP contribution < -0.4 is 5.32 Å². The summed E-state index contributed by atoms with van der Waals surface area (Å²) in [5.74, 6) is 0. The van der Waals surface area contributed by atoms with Gasteiger partial charge in [0.2, 0.25) is 0 Å². The first-order valence-corrected chi connectivity index (χ1v) is 6.44. The highest BCUT2D eigenvalue weighted by Crippen LogP contribution is 2.22. The van der Waals surface area contributed by atoms with Crippen molar-refractivity contribution in [1.29, 1.82) is 0 Å². The van der Waals surface area contributed by atoms with Crippen LogP contribution in [0.5, 0.6) is 0 Å². The summed E-state index contributed by atoms with van der Waals surface area (Å²) in [4.78, 5) is 1.28. The van der Waals surface area contributed by atoms with Crippen molar-refractivity contribution in [3.8, 4) is 0 Å². The summed E-state index contributed by atoms with van der Waals surface area (Å²) in [6.45, 7) is 1.97. The topological polar surface area (TPSA) is 30.5 Å². The molecule has 92 valence electrons. The molecule has 0 aliphatic rings. The lowest BCUT2D eigenvalue weighted by molar-refractivity contribution is 0.0599. The average Bonchev–Trinajstić information content (AvgIpc) is 2.68. The average molecular weight is 264 g/mol. The highest BCUT2D eigenvalue weighted by molar-refractivity contribution is 7.16. The Balaban J connectivity index is 2.26. The molecule has 3 nitrogen and oxygen atoms in total. The molecule has 0 aromatic carbocycles. The summed E-state index contributed by atoms with van der Waals surface area (Å²) in [6, 6.07) is 4.32. The quantitative estimate of drug-likeness (QED) is 0.730. The van der Waals surface area contributed by atoms with Crippen LogP contribution in [0, 0.1) is 0 Å². The second-order valence-corrected chi connectivity index (χ2v) is 5.26. The molecule has 1 N–H and O–H groups in total. The van der Waals surface area contributed by atoms with Crippen LogP contribution in [0.3, 0.4) is 0 Å². The fourth-order valence-electron chi connectivity index (χ4n) is 1.32. The minimum absolute atomic E-state index is 0.326. The predicted molar refractivity (Wildman–Crippen MR) is 68.6 cm³/mol. The van der Waals surface area contributed by atoms with Crippen LogP contribution in [0.15, 0.2) is 12.1 Å². The van der Waals surface area contributed by atoms with Crippen molar-refractivity contribution in [3.05, 3.63) is 21.3 Å². The van der Waals surface area contributed by atoms with Crippen LogP contribution in [0.4, 0.5) is 0 Å². The summed E-state index contributed by atoms with van der Waals surface area (Å²) in [7, 11) is 3.62. The van der Waals surface area contributed by atoms with Gasteiger partial charge >= 0.3 is 0 Å². The molecule has 0 saturated carbocycles. The summed E-state index contributed by atoms with van der Waals surface area (Å²) in [5.41, 5.74) is 0. The van der Waals surface area contributed by atoms with E-state index in [2.05, 4.69) is 11.4 Å². The zero-order chi connectivity index (χ0) is 11.8. The number of ether oxygens (including phenoxy) is 2. The van der Waals surface area contributed by atoms with Gasteiger partial charge in [-0.15, -0.1) is 11.3 Å². The van der Waals surface area contributed by atoms with Crippen LogP contribution in [-0.4, -0.2) is 40.0 Å². The van der Waals surface area contributed by atoms with E-state index in [1.807, 2.05) is 13.1 Å². The summed E-state index contributed by atoms with van der Waals surface area (Å²) in [6.07, 6.45) is 0.945. The maximum Gasteiger partial charge on any atom is 0.0931 e. The Morgan fingerprint density at radius 2 is 2.25 bits per heavy atom. The smallest absolute Gasteiger partial charge is 0.0931 e. The standard InChI is InChI=1S/C11H18ClNO2S/c1-13-9(8-15-6-5-14-2)7-10-3-4-11(12)16-10/h3-4,9,13H,5-8H2,1-2H3. The molecule has 0 aliphatic heterocycles. The van der Waals surface area contributed by atoms with Crippen molar-refractivity contribution >= 4 is 22.9 Å². The highest BCUT2D eigenvalue weighted by Gasteiger charge is 2.09. The van der Waals surface area contributed by atoms with Gasteiger partial charge in [0, 0.05) is 18.0 Å². The third kappa shape index (κ3) is 5.27. The summed E-state index contributed by atoms with van der Waals surface area (Å²) in [5, 5.41) is 3.23. The molecule has 0 aliphatic carbocycles. The molecule has 1 aromatic heterocycles. The van der Waals surface area contributed by atoms with E-state index in [9.17, 15) is 0 Å². The molecule has 1 aromatic rings. The minimum Gasteiger partial charge on any atom is -0.382 e. The molecular formula is C11H18ClNO2S. The molecular weight excluding hydrogens is 246 g/mol. The largest absolute Gasteiger partial charge is 0.382 e. The molecule has 0 amide bonds. The molecule has 0 spiro atoms. The van der Waals surface area contributed by atoms with Crippen molar-refractivity contribution in [2.45, 2.75) is 12.5 Å². The van der Waals surface area contributed by atoms with Crippen LogP contribution in [0.25, 0.3) is 0 Å². The second-order valence-electron chi connectivity index (χ2n) is 3.46. The number of hydrogen-bond donors (Lipinski definition) is 1. The molecule has 0 radical (unpaired) electrons. The first-order chi connectivity index (χ1) is 7.76. The summed E-state index contributed by atoms with van der Waals surface area (Å²) < 4.78 is 11.2. The van der Waals surface area contributed by atoms with Crippen molar-refractivity contribution in [1.82, 2.24) is 5.32 Å². The van der Waals surface area contributed by atoms with Crippen molar-refractivity contribution in [2.75, 3.05) is 34.0 Å². The van der Waals surface area contributed by atoms with Crippen LogP contribution in [-0.2, 0) is 15.9 Å². The Morgan fingerprint density at radius 1 is 1.44 bits per heavy atom. The zero-order valence-corrected chi connectivity index (χ0v) is 11.2. The number of halogens is 1. The van der Waals surface area contributed by atoms with Gasteiger partial charge in [0.15, 0.2) is 0 Å². The maximum atomic E-state index is 5.88. The van der Waals surface area contributed by atoms with Gasteiger partial charge < -0.3 is 14.8 Å². The van der Waals surface area contributed by atoms with E-state index in [4.69, 9.17) is 21.1 Å². The van der Waals surface area contributed by atoms with Crippen molar-refractivity contribution in [2.24, 2.45) is 0 Å². The Kier molecular flexibility index (Phi) is 7.00. The van der Waals surface area contributed by atoms with Crippen LogP contribution >= 0.6 is 22.9 Å². The van der Waals surface area contributed by atoms with Gasteiger partial charge in [0.1, 0.15) is 0 Å². The van der Waals surface area contributed by atoms with Gasteiger partial charge in [-0.25, -0.2) is 0 Å². The van der Waals surface area contributed by atoms with Gasteiger partial charge in [-0.2, -0.15) is 0 Å². The number of rotatable bonds is 8. The molecule has 0 bridgehead atoms. The number of nitrogens with one attached hydrogen (secondary N) is 1. The van der Waals surface area contributed by atoms with Gasteiger partial charge in [0.05, 0.1) is 24.2 Å². The molecule has 1 atom stereocenters. The first kappa shape index (κ1) is 13.9. The maximum absolute atomic E-state index is 5.88. The fraction of sp³-hybridized carbons (Fsp3) is 0.636. The predicted octanol–water partition coefficient (Wildman–Crippen LogP) is 2.20. The van der Waals surface area contributed by atoms with E-state index < -0.39 is 0 Å². The van der Waals surface area contributed by atoms with Crippen molar-refractivity contribution in [3.63, 3.8) is 0 Å². The van der Waals surface area contributed by atoms with E-state index >= 15 is 0 Å². The highest BCUT2D eigenvalue weighted by atomic mass is 35.5. The second kappa shape index (κ2) is 8.03. The first-order valence-electron chi connectivity index (χ1n) is 5.24. The van der Waals surface area contributed by atoms with E-state index in [1.165, 1.54) is 4.88 Å². The molecule has 1 heterocycles. The fourth-order valence-corrected chi connectivity index (χ4v) is 2.48. The third-order valence-electron chi connectivity index (χ3n) is 2.24. The number of hydrogen-bond acceptors (Lipinski definition) is 4. The van der Waals surface area contributed by atoms with Gasteiger partial charge in [-0.05, 0) is 25.6 Å². The monoisotopic (exact) mass is 263 g/mol. The third-order valence-corrected chi connectivity index (χ3v) is 3.49. The minimum atomic E-state index is 0.326. The Morgan fingerprint density at radius 3 is 2.81 bits per heavy atom. The molecule has 1 rings (SSSR count). The number of thiophene rings is 1. The van der Waals surface area contributed by atoms with E-state index in [0.29, 0.717) is 25.9 Å². The zero-order valence-electron chi connectivity index (χ0n) is 9.66. The van der Waals surface area contributed by atoms with Gasteiger partial charge in [0.25, 0.3) is 0 Å². The number of methoxy groups -OCH3 is 1. The molecule has 0 saturated heterocycles. The molecule has 1 unspecified atom stereocenters. The SMILES string of the molecule is CNC(COCCOC)Cc1ccc(Cl)s1.